The summed E-state index contributed by atoms with van der Waals surface area (Å²) < 4.78 is 2.06. The molecule has 2 heterocycles. The molecule has 1 aliphatic heterocycles. The van der Waals surface area contributed by atoms with Crippen molar-refractivity contribution in [3.63, 3.8) is 0 Å². The predicted molar refractivity (Wildman–Crippen MR) is 108 cm³/mol. The third kappa shape index (κ3) is 3.21. The quantitative estimate of drug-likeness (QED) is 0.642. The molecule has 4 nitrogen and oxygen atoms in total. The number of aryl methyl sites for hydroxylation is 1. The molecule has 1 aromatic heterocycles. The van der Waals surface area contributed by atoms with E-state index in [4.69, 9.17) is 11.6 Å². The second kappa shape index (κ2) is 7.33. The first-order valence-electron chi connectivity index (χ1n) is 8.56. The van der Waals surface area contributed by atoms with E-state index in [-0.39, 0.29) is 17.2 Å². The van der Waals surface area contributed by atoms with Crippen molar-refractivity contribution in [3.8, 4) is 5.69 Å². The van der Waals surface area contributed by atoms with E-state index in [0.717, 1.165) is 40.8 Å². The summed E-state index contributed by atoms with van der Waals surface area (Å²) in [4.78, 5) is 26.7. The maximum atomic E-state index is 12.6. The fourth-order valence-corrected chi connectivity index (χ4v) is 4.26. The van der Waals surface area contributed by atoms with Crippen molar-refractivity contribution in [1.29, 1.82) is 0 Å². The molecule has 0 N–H and O–H groups in total. The van der Waals surface area contributed by atoms with E-state index in [0.29, 0.717) is 9.93 Å². The molecule has 136 valence electrons. The van der Waals surface area contributed by atoms with Gasteiger partial charge in [0.1, 0.15) is 0 Å². The molecule has 1 atom stereocenters. The highest BCUT2D eigenvalue weighted by atomic mass is 35.5. The SMILES string of the molecule is CC[C@H](C)N1C(=O)S/C(=C/c2cc(C)n(-c3ccccc3Cl)c2C)C1=O. The van der Waals surface area contributed by atoms with Crippen molar-refractivity contribution < 1.29 is 9.59 Å². The molecule has 3 rings (SSSR count). The van der Waals surface area contributed by atoms with E-state index < -0.39 is 0 Å². The zero-order valence-corrected chi connectivity index (χ0v) is 16.8. The van der Waals surface area contributed by atoms with Gasteiger partial charge < -0.3 is 4.57 Å². The first-order valence-corrected chi connectivity index (χ1v) is 9.75. The Morgan fingerprint density at radius 1 is 1.23 bits per heavy atom. The lowest BCUT2D eigenvalue weighted by molar-refractivity contribution is -0.124. The molecule has 0 radical (unpaired) electrons. The molecule has 1 aliphatic rings. The monoisotopic (exact) mass is 388 g/mol. The number of hydrogen-bond acceptors (Lipinski definition) is 3. The minimum absolute atomic E-state index is 0.0936. The zero-order chi connectivity index (χ0) is 19.0. The van der Waals surface area contributed by atoms with Gasteiger partial charge in [-0.1, -0.05) is 30.7 Å². The Morgan fingerprint density at radius 3 is 2.58 bits per heavy atom. The molecule has 0 spiro atoms. The maximum Gasteiger partial charge on any atom is 0.293 e. The Labute approximate surface area is 162 Å². The lowest BCUT2D eigenvalue weighted by atomic mass is 10.2. The summed E-state index contributed by atoms with van der Waals surface area (Å²) in [6.45, 7) is 7.84. The summed E-state index contributed by atoms with van der Waals surface area (Å²) in [5, 5.41) is 0.466. The molecule has 0 bridgehead atoms. The topological polar surface area (TPSA) is 42.3 Å². The standard InChI is InChI=1S/C20H21ClN2O2S/c1-5-12(2)23-19(24)18(26-20(23)25)11-15-10-13(3)22(14(15)4)17-9-7-6-8-16(17)21/h6-12H,5H2,1-4H3/b18-11+/t12-/m0/s1. The van der Waals surface area contributed by atoms with E-state index in [1.807, 2.05) is 64.1 Å². The van der Waals surface area contributed by atoms with Crippen LogP contribution >= 0.6 is 23.4 Å². The van der Waals surface area contributed by atoms with Gasteiger partial charge in [-0.05, 0) is 68.8 Å². The number of amides is 2. The first kappa shape index (κ1) is 18.8. The van der Waals surface area contributed by atoms with Crippen LogP contribution in [0.25, 0.3) is 11.8 Å². The van der Waals surface area contributed by atoms with Crippen LogP contribution in [0.5, 0.6) is 0 Å². The van der Waals surface area contributed by atoms with E-state index >= 15 is 0 Å². The molecule has 6 heteroatoms. The number of halogens is 1. The largest absolute Gasteiger partial charge is 0.316 e. The lowest BCUT2D eigenvalue weighted by Gasteiger charge is -2.19. The number of aromatic nitrogens is 1. The van der Waals surface area contributed by atoms with Crippen LogP contribution < -0.4 is 0 Å². The Morgan fingerprint density at radius 2 is 1.92 bits per heavy atom. The van der Waals surface area contributed by atoms with E-state index in [9.17, 15) is 9.59 Å². The summed E-state index contributed by atoms with van der Waals surface area (Å²) in [5.74, 6) is -0.211. The third-order valence-electron chi connectivity index (χ3n) is 4.71. The number of nitrogens with zero attached hydrogens (tertiary/aromatic N) is 2. The number of hydrogen-bond donors (Lipinski definition) is 0. The summed E-state index contributed by atoms with van der Waals surface area (Å²) >= 11 is 7.35. The molecule has 1 saturated heterocycles. The Bertz CT molecular complexity index is 917. The molecule has 26 heavy (non-hydrogen) atoms. The van der Waals surface area contributed by atoms with Crippen molar-refractivity contribution in [3.05, 3.63) is 57.2 Å². The number of para-hydroxylation sites is 1. The van der Waals surface area contributed by atoms with Gasteiger partial charge >= 0.3 is 0 Å². The smallest absolute Gasteiger partial charge is 0.293 e. The van der Waals surface area contributed by atoms with Crippen molar-refractivity contribution in [2.45, 2.75) is 40.2 Å². The Hall–Kier alpha value is -1.98. The van der Waals surface area contributed by atoms with Gasteiger partial charge in [0.05, 0.1) is 15.6 Å². The van der Waals surface area contributed by atoms with E-state index in [1.54, 1.807) is 0 Å². The molecule has 1 fully saturated rings. The van der Waals surface area contributed by atoms with E-state index in [2.05, 4.69) is 4.57 Å². The summed E-state index contributed by atoms with van der Waals surface area (Å²) in [7, 11) is 0. The van der Waals surface area contributed by atoms with Gasteiger partial charge in [0.15, 0.2) is 0 Å². The molecule has 0 unspecified atom stereocenters. The number of carbonyl (C=O) groups is 2. The minimum Gasteiger partial charge on any atom is -0.316 e. The molecular weight excluding hydrogens is 368 g/mol. The highest BCUT2D eigenvalue weighted by molar-refractivity contribution is 8.18. The van der Waals surface area contributed by atoms with Crippen molar-refractivity contribution in [1.82, 2.24) is 9.47 Å². The average molecular weight is 389 g/mol. The summed E-state index contributed by atoms with van der Waals surface area (Å²) in [6, 6.07) is 9.57. The van der Waals surface area contributed by atoms with Crippen LogP contribution in [0.2, 0.25) is 5.02 Å². The minimum atomic E-state index is -0.211. The van der Waals surface area contributed by atoms with Gasteiger partial charge in [-0.2, -0.15) is 0 Å². The first-order chi connectivity index (χ1) is 12.3. The highest BCUT2D eigenvalue weighted by Gasteiger charge is 2.37. The molecule has 0 saturated carbocycles. The zero-order valence-electron chi connectivity index (χ0n) is 15.2. The molecular formula is C20H21ClN2O2S. The molecule has 2 aromatic rings. The second-order valence-corrected chi connectivity index (χ2v) is 7.82. The molecule has 2 amide bonds. The molecule has 0 aliphatic carbocycles. The lowest BCUT2D eigenvalue weighted by Crippen LogP contribution is -2.36. The van der Waals surface area contributed by atoms with Crippen LogP contribution in [0.3, 0.4) is 0 Å². The summed E-state index contributed by atoms with van der Waals surface area (Å²) in [5.41, 5.74) is 3.81. The van der Waals surface area contributed by atoms with Crippen LogP contribution in [0.4, 0.5) is 4.79 Å². The number of imide groups is 1. The van der Waals surface area contributed by atoms with Gasteiger partial charge in [0.25, 0.3) is 11.1 Å². The normalized spacial score (nSPS) is 17.4. The Kier molecular flexibility index (Phi) is 5.30. The number of carbonyl (C=O) groups excluding carboxylic acids is 2. The van der Waals surface area contributed by atoms with Crippen LogP contribution in [0, 0.1) is 13.8 Å². The van der Waals surface area contributed by atoms with Gasteiger partial charge in [-0.3, -0.25) is 14.5 Å². The number of thioether (sulfide) groups is 1. The Balaban J connectivity index is 2.01. The van der Waals surface area contributed by atoms with Crippen molar-refractivity contribution in [2.24, 2.45) is 0 Å². The predicted octanol–water partition coefficient (Wildman–Crippen LogP) is 5.58. The molecule has 1 aromatic carbocycles. The van der Waals surface area contributed by atoms with Crippen molar-refractivity contribution >= 4 is 40.6 Å². The van der Waals surface area contributed by atoms with Crippen LogP contribution in [-0.4, -0.2) is 26.7 Å². The van der Waals surface area contributed by atoms with E-state index in [1.165, 1.54) is 4.90 Å². The third-order valence-corrected chi connectivity index (χ3v) is 5.91. The van der Waals surface area contributed by atoms with Crippen LogP contribution in [0.1, 0.15) is 37.2 Å². The van der Waals surface area contributed by atoms with Gasteiger partial charge in [-0.25, -0.2) is 0 Å². The van der Waals surface area contributed by atoms with Gasteiger partial charge in [0, 0.05) is 17.4 Å². The fourth-order valence-electron chi connectivity index (χ4n) is 3.12. The fraction of sp³-hybridized carbons (Fsp3) is 0.300. The van der Waals surface area contributed by atoms with Crippen molar-refractivity contribution in [2.75, 3.05) is 0 Å². The van der Waals surface area contributed by atoms with Crippen LogP contribution in [0.15, 0.2) is 35.2 Å². The maximum absolute atomic E-state index is 12.6. The van der Waals surface area contributed by atoms with Gasteiger partial charge in [-0.15, -0.1) is 0 Å². The number of rotatable bonds is 4. The van der Waals surface area contributed by atoms with Crippen LogP contribution in [-0.2, 0) is 4.79 Å². The average Bonchev–Trinajstić information content (AvgIpc) is 3.04. The summed E-state index contributed by atoms with van der Waals surface area (Å²) in [6.07, 6.45) is 2.55. The highest BCUT2D eigenvalue weighted by Crippen LogP contribution is 2.35. The van der Waals surface area contributed by atoms with Gasteiger partial charge in [0.2, 0.25) is 0 Å². The second-order valence-electron chi connectivity index (χ2n) is 6.42. The number of benzene rings is 1.